The van der Waals surface area contributed by atoms with Crippen LogP contribution in [0, 0.1) is 11.7 Å². The molecule has 2 atom stereocenters. The molecule has 1 saturated heterocycles. The largest absolute Gasteiger partial charge is 0.481 e. The second kappa shape index (κ2) is 13.7. The number of carboxylic acid groups (broad SMARTS) is 1. The van der Waals surface area contributed by atoms with Gasteiger partial charge >= 0.3 is 12.0 Å². The number of nitrogens with one attached hydrogen (secondary N) is 1. The van der Waals surface area contributed by atoms with Crippen molar-refractivity contribution < 1.29 is 28.7 Å². The van der Waals surface area contributed by atoms with Crippen LogP contribution in [0.2, 0.25) is 0 Å². The van der Waals surface area contributed by atoms with E-state index in [2.05, 4.69) is 5.32 Å². The van der Waals surface area contributed by atoms with Crippen LogP contribution < -0.4 is 5.32 Å². The van der Waals surface area contributed by atoms with Gasteiger partial charge in [-0.3, -0.25) is 14.4 Å². The maximum Gasteiger partial charge on any atom is 0.328 e. The third-order valence-electron chi connectivity index (χ3n) is 7.73. The summed E-state index contributed by atoms with van der Waals surface area (Å²) < 4.78 is 14.6. The van der Waals surface area contributed by atoms with Gasteiger partial charge in [0.2, 0.25) is 5.91 Å². The highest BCUT2D eigenvalue weighted by atomic mass is 19.1. The topological polar surface area (TPSA) is 107 Å². The van der Waals surface area contributed by atoms with E-state index in [0.29, 0.717) is 0 Å². The van der Waals surface area contributed by atoms with Crippen LogP contribution in [0.4, 0.5) is 9.18 Å². The summed E-state index contributed by atoms with van der Waals surface area (Å²) in [6.07, 6.45) is 3.57. The maximum atomic E-state index is 14.6. The lowest BCUT2D eigenvalue weighted by Gasteiger charge is -2.29. The number of benzene rings is 3. The van der Waals surface area contributed by atoms with Crippen LogP contribution in [-0.4, -0.2) is 50.3 Å². The third kappa shape index (κ3) is 7.40. The number of hydrogen-bond acceptors (Lipinski definition) is 4. The summed E-state index contributed by atoms with van der Waals surface area (Å²) in [7, 11) is 0. The Morgan fingerprint density at radius 1 is 0.909 bits per heavy atom. The Bertz CT molecular complexity index is 1540. The average Bonchev–Trinajstić information content (AvgIpc) is 3.14. The molecule has 0 radical (unpaired) electrons. The normalized spacial score (nSPS) is 16.0. The number of carboxylic acids is 1. The third-order valence-corrected chi connectivity index (χ3v) is 7.73. The van der Waals surface area contributed by atoms with Crippen LogP contribution in [0.1, 0.15) is 68.8 Å². The number of amides is 4. The first-order chi connectivity index (χ1) is 20.9. The Morgan fingerprint density at radius 2 is 1.50 bits per heavy atom. The lowest BCUT2D eigenvalue weighted by Crippen LogP contribution is -2.52. The molecular formula is C35H38FN3O5. The molecule has 1 fully saturated rings. The van der Waals surface area contributed by atoms with Crippen molar-refractivity contribution in [1.29, 1.82) is 0 Å². The van der Waals surface area contributed by atoms with E-state index in [1.807, 2.05) is 80.6 Å². The zero-order valence-corrected chi connectivity index (χ0v) is 25.4. The van der Waals surface area contributed by atoms with Crippen LogP contribution in [0.5, 0.6) is 0 Å². The van der Waals surface area contributed by atoms with E-state index in [-0.39, 0.29) is 24.4 Å². The fourth-order valence-corrected chi connectivity index (χ4v) is 5.29. The monoisotopic (exact) mass is 599 g/mol. The molecule has 4 amide bonds. The highest BCUT2D eigenvalue weighted by Gasteiger charge is 2.54. The fraction of sp³-hybridized carbons (Fsp3) is 0.314. The van der Waals surface area contributed by atoms with E-state index in [1.54, 1.807) is 19.9 Å². The number of aliphatic carboxylic acids is 1. The van der Waals surface area contributed by atoms with Crippen molar-refractivity contribution in [3.63, 3.8) is 0 Å². The number of nitrogens with zero attached hydrogens (tertiary/aromatic N) is 2. The summed E-state index contributed by atoms with van der Waals surface area (Å²) in [6, 6.07) is 20.1. The van der Waals surface area contributed by atoms with Gasteiger partial charge in [-0.15, -0.1) is 0 Å². The molecule has 1 aliphatic heterocycles. The van der Waals surface area contributed by atoms with E-state index in [0.717, 1.165) is 21.6 Å². The Kier molecular flexibility index (Phi) is 9.98. The van der Waals surface area contributed by atoms with Crippen molar-refractivity contribution in [3.8, 4) is 0 Å². The summed E-state index contributed by atoms with van der Waals surface area (Å²) in [6.45, 7) is 7.13. The molecule has 0 aromatic heterocycles. The predicted molar refractivity (Wildman–Crippen MR) is 166 cm³/mol. The van der Waals surface area contributed by atoms with Gasteiger partial charge in [0.1, 0.15) is 17.4 Å². The number of urea groups is 1. The number of hydrogen-bond donors (Lipinski definition) is 2. The summed E-state index contributed by atoms with van der Waals surface area (Å²) in [5.41, 5.74) is 1.62. The van der Waals surface area contributed by atoms with Crippen LogP contribution in [0.3, 0.4) is 0 Å². The van der Waals surface area contributed by atoms with E-state index in [9.17, 15) is 28.7 Å². The van der Waals surface area contributed by atoms with Gasteiger partial charge in [-0.1, -0.05) is 98.8 Å². The molecule has 2 N–H and O–H groups in total. The molecule has 2 unspecified atom stereocenters. The summed E-state index contributed by atoms with van der Waals surface area (Å²) >= 11 is 0. The SMILES string of the molecule is CC(C)CC(C(=O)NC(CC(=O)O)c1ccccc1F)N1C(=O)N(Cc2ccc(C=Cc3ccccc3)cc2)C(C)(C)C1=O. The molecule has 0 bridgehead atoms. The van der Waals surface area contributed by atoms with Gasteiger partial charge in [0.25, 0.3) is 5.91 Å². The van der Waals surface area contributed by atoms with Gasteiger partial charge in [0.05, 0.1) is 12.5 Å². The number of halogens is 1. The molecule has 4 rings (SSSR count). The van der Waals surface area contributed by atoms with E-state index >= 15 is 0 Å². The predicted octanol–water partition coefficient (Wildman–Crippen LogP) is 6.29. The second-order valence-electron chi connectivity index (χ2n) is 11.9. The van der Waals surface area contributed by atoms with Crippen LogP contribution >= 0.6 is 0 Å². The van der Waals surface area contributed by atoms with Gasteiger partial charge in [-0.05, 0) is 48.9 Å². The van der Waals surface area contributed by atoms with Crippen molar-refractivity contribution in [1.82, 2.24) is 15.1 Å². The molecular weight excluding hydrogens is 561 g/mol. The lowest BCUT2D eigenvalue weighted by atomic mass is 9.97. The van der Waals surface area contributed by atoms with Crippen LogP contribution in [0.25, 0.3) is 12.2 Å². The van der Waals surface area contributed by atoms with Crippen molar-refractivity contribution in [2.75, 3.05) is 0 Å². The fourth-order valence-electron chi connectivity index (χ4n) is 5.29. The molecule has 1 aliphatic rings. The molecule has 0 spiro atoms. The van der Waals surface area contributed by atoms with Crippen molar-refractivity contribution >= 4 is 36.0 Å². The minimum atomic E-state index is -1.25. The summed E-state index contributed by atoms with van der Waals surface area (Å²) in [4.78, 5) is 55.3. The Balaban J connectivity index is 1.56. The quantitative estimate of drug-likeness (QED) is 0.188. The molecule has 3 aromatic carbocycles. The second-order valence-corrected chi connectivity index (χ2v) is 11.9. The zero-order chi connectivity index (χ0) is 32.0. The van der Waals surface area contributed by atoms with Gasteiger partial charge in [0.15, 0.2) is 0 Å². The molecule has 0 aliphatic carbocycles. The number of rotatable bonds is 12. The number of carbonyl (C=O) groups is 4. The Hall–Kier alpha value is -4.79. The zero-order valence-electron chi connectivity index (χ0n) is 25.4. The Labute approximate surface area is 257 Å². The number of imide groups is 1. The van der Waals surface area contributed by atoms with E-state index in [4.69, 9.17) is 0 Å². The van der Waals surface area contributed by atoms with Crippen molar-refractivity contribution in [3.05, 3.63) is 107 Å². The molecule has 8 nitrogen and oxygen atoms in total. The van der Waals surface area contributed by atoms with Crippen LogP contribution in [-0.2, 0) is 20.9 Å². The highest BCUT2D eigenvalue weighted by molar-refractivity contribution is 6.09. The van der Waals surface area contributed by atoms with Gasteiger partial charge in [-0.2, -0.15) is 0 Å². The van der Waals surface area contributed by atoms with Gasteiger partial charge in [-0.25, -0.2) is 14.1 Å². The molecule has 1 heterocycles. The van der Waals surface area contributed by atoms with Gasteiger partial charge in [0, 0.05) is 12.1 Å². The maximum absolute atomic E-state index is 14.6. The first-order valence-electron chi connectivity index (χ1n) is 14.6. The minimum absolute atomic E-state index is 0.00892. The van der Waals surface area contributed by atoms with Crippen molar-refractivity contribution in [2.45, 2.75) is 64.7 Å². The first kappa shape index (κ1) is 32.1. The summed E-state index contributed by atoms with van der Waals surface area (Å²) in [5.74, 6) is -3.25. The van der Waals surface area contributed by atoms with Gasteiger partial charge < -0.3 is 15.3 Å². The number of carbonyl (C=O) groups excluding carboxylic acids is 3. The van der Waals surface area contributed by atoms with E-state index in [1.165, 1.54) is 23.1 Å². The van der Waals surface area contributed by atoms with E-state index < -0.39 is 53.7 Å². The minimum Gasteiger partial charge on any atom is -0.481 e. The first-order valence-corrected chi connectivity index (χ1v) is 14.6. The molecule has 0 saturated carbocycles. The Morgan fingerprint density at radius 3 is 2.09 bits per heavy atom. The van der Waals surface area contributed by atoms with Crippen molar-refractivity contribution in [2.24, 2.45) is 5.92 Å². The smallest absolute Gasteiger partial charge is 0.328 e. The molecule has 3 aromatic rings. The average molecular weight is 600 g/mol. The lowest BCUT2D eigenvalue weighted by molar-refractivity contribution is -0.140. The highest BCUT2D eigenvalue weighted by Crippen LogP contribution is 2.33. The summed E-state index contributed by atoms with van der Waals surface area (Å²) in [5, 5.41) is 12.1. The molecule has 9 heteroatoms. The molecule has 230 valence electrons. The molecule has 44 heavy (non-hydrogen) atoms. The standard InChI is InChI=1S/C35H38FN3O5/c1-23(2)20-30(32(42)37-29(21-31(40)41)27-12-8-9-13-28(27)36)39-33(43)35(3,4)38(34(39)44)22-26-18-16-25(17-19-26)15-14-24-10-6-5-7-11-24/h5-19,23,29-30H,20-22H2,1-4H3,(H,37,42)(H,40,41). The van der Waals surface area contributed by atoms with Crippen LogP contribution in [0.15, 0.2) is 78.9 Å².